The third-order valence-corrected chi connectivity index (χ3v) is 5.63. The van der Waals surface area contributed by atoms with E-state index in [1.165, 1.54) is 6.07 Å². The zero-order chi connectivity index (χ0) is 22.0. The van der Waals surface area contributed by atoms with Crippen molar-refractivity contribution < 1.29 is 19.1 Å². The lowest BCUT2D eigenvalue weighted by atomic mass is 10.1. The van der Waals surface area contributed by atoms with Gasteiger partial charge in [0.2, 0.25) is 5.91 Å². The van der Waals surface area contributed by atoms with Gasteiger partial charge >= 0.3 is 5.97 Å². The number of hydrogen-bond donors (Lipinski definition) is 1. The fraction of sp³-hybridized carbons (Fsp3) is 0.174. The summed E-state index contributed by atoms with van der Waals surface area (Å²) in [5.41, 5.74) is 1.08. The van der Waals surface area contributed by atoms with Gasteiger partial charge in [0, 0.05) is 23.4 Å². The van der Waals surface area contributed by atoms with Crippen LogP contribution in [0.3, 0.4) is 0 Å². The molecule has 1 heterocycles. The number of anilines is 2. The van der Waals surface area contributed by atoms with E-state index in [2.05, 4.69) is 5.32 Å². The Kier molecular flexibility index (Phi) is 6.11. The van der Waals surface area contributed by atoms with Crippen LogP contribution in [-0.2, 0) is 19.1 Å². The zero-order valence-electron chi connectivity index (χ0n) is 16.3. The first-order valence-electron chi connectivity index (χ1n) is 9.62. The first kappa shape index (κ1) is 21.2. The van der Waals surface area contributed by atoms with Crippen molar-refractivity contribution in [3.8, 4) is 0 Å². The number of halogens is 2. The zero-order valence-corrected chi connectivity index (χ0v) is 17.8. The SMILES string of the molecule is O=C(COC(=O)[C@@H]1CC(=O)N(c2cccc3ccccc23)C1)Nc1cc(Cl)ccc1Cl. The second kappa shape index (κ2) is 8.96. The molecular formula is C23H18Cl2N2O4. The van der Waals surface area contributed by atoms with Crippen molar-refractivity contribution in [2.24, 2.45) is 5.92 Å². The maximum absolute atomic E-state index is 12.6. The standard InChI is InChI=1S/C23H18Cl2N2O4/c24-16-8-9-18(25)19(11-16)26-21(28)13-31-23(30)15-10-22(29)27(12-15)20-7-3-5-14-4-1-2-6-17(14)20/h1-9,11,15H,10,12-13H2,(H,26,28)/t15-/m1/s1. The maximum atomic E-state index is 12.6. The predicted octanol–water partition coefficient (Wildman–Crippen LogP) is 4.68. The van der Waals surface area contributed by atoms with E-state index < -0.39 is 24.4 Å². The summed E-state index contributed by atoms with van der Waals surface area (Å²) in [6, 6.07) is 18.1. The Morgan fingerprint density at radius 2 is 1.84 bits per heavy atom. The number of carbonyl (C=O) groups excluding carboxylic acids is 3. The van der Waals surface area contributed by atoms with Gasteiger partial charge in [0.05, 0.1) is 22.3 Å². The molecule has 0 aliphatic carbocycles. The van der Waals surface area contributed by atoms with Gasteiger partial charge in [-0.05, 0) is 29.7 Å². The van der Waals surface area contributed by atoms with Gasteiger partial charge in [0.15, 0.2) is 6.61 Å². The summed E-state index contributed by atoms with van der Waals surface area (Å²) in [6.45, 7) is -0.284. The number of esters is 1. The minimum Gasteiger partial charge on any atom is -0.455 e. The van der Waals surface area contributed by atoms with Crippen molar-refractivity contribution in [2.45, 2.75) is 6.42 Å². The molecule has 6 nitrogen and oxygen atoms in total. The van der Waals surface area contributed by atoms with E-state index in [4.69, 9.17) is 27.9 Å². The molecule has 1 fully saturated rings. The Balaban J connectivity index is 1.38. The summed E-state index contributed by atoms with van der Waals surface area (Å²) in [5, 5.41) is 5.22. The number of hydrogen-bond acceptors (Lipinski definition) is 4. The van der Waals surface area contributed by atoms with Gasteiger partial charge in [-0.1, -0.05) is 59.6 Å². The van der Waals surface area contributed by atoms with Gasteiger partial charge in [0.25, 0.3) is 5.91 Å². The van der Waals surface area contributed by atoms with Gasteiger partial charge in [-0.3, -0.25) is 14.4 Å². The van der Waals surface area contributed by atoms with Gasteiger partial charge in [-0.2, -0.15) is 0 Å². The quantitative estimate of drug-likeness (QED) is 0.565. The molecule has 3 aromatic carbocycles. The molecule has 1 aliphatic rings. The molecule has 31 heavy (non-hydrogen) atoms. The molecule has 1 N–H and O–H groups in total. The molecule has 3 aromatic rings. The lowest BCUT2D eigenvalue weighted by Crippen LogP contribution is -2.28. The normalized spacial score (nSPS) is 15.9. The van der Waals surface area contributed by atoms with Crippen molar-refractivity contribution in [2.75, 3.05) is 23.4 Å². The monoisotopic (exact) mass is 456 g/mol. The first-order chi connectivity index (χ1) is 14.9. The number of benzene rings is 3. The van der Waals surface area contributed by atoms with Crippen LogP contribution in [0.25, 0.3) is 10.8 Å². The molecule has 2 amide bonds. The molecule has 1 aliphatic heterocycles. The molecule has 0 spiro atoms. The van der Waals surface area contributed by atoms with Crippen LogP contribution < -0.4 is 10.2 Å². The van der Waals surface area contributed by atoms with Crippen LogP contribution in [0, 0.1) is 5.92 Å². The first-order valence-corrected chi connectivity index (χ1v) is 10.4. The average Bonchev–Trinajstić information content (AvgIpc) is 3.15. The van der Waals surface area contributed by atoms with Crippen LogP contribution in [0.1, 0.15) is 6.42 Å². The largest absolute Gasteiger partial charge is 0.455 e. The lowest BCUT2D eigenvalue weighted by Gasteiger charge is -2.18. The minimum atomic E-state index is -0.644. The van der Waals surface area contributed by atoms with Crippen LogP contribution in [0.15, 0.2) is 60.7 Å². The molecule has 8 heteroatoms. The molecule has 158 valence electrons. The fourth-order valence-electron chi connectivity index (χ4n) is 3.58. The highest BCUT2D eigenvalue weighted by Crippen LogP contribution is 2.32. The maximum Gasteiger partial charge on any atom is 0.311 e. The summed E-state index contributed by atoms with van der Waals surface area (Å²) >= 11 is 11.9. The molecular weight excluding hydrogens is 439 g/mol. The van der Waals surface area contributed by atoms with E-state index in [1.807, 2.05) is 42.5 Å². The number of nitrogens with zero attached hydrogens (tertiary/aromatic N) is 1. The molecule has 0 radical (unpaired) electrons. The Morgan fingerprint density at radius 3 is 2.68 bits per heavy atom. The van der Waals surface area contributed by atoms with E-state index in [-0.39, 0.29) is 18.9 Å². The minimum absolute atomic E-state index is 0.0315. The summed E-state index contributed by atoms with van der Waals surface area (Å²) in [7, 11) is 0. The molecule has 1 atom stereocenters. The van der Waals surface area contributed by atoms with E-state index in [1.54, 1.807) is 17.0 Å². The Hall–Kier alpha value is -3.09. The third kappa shape index (κ3) is 4.65. The van der Waals surface area contributed by atoms with Crippen LogP contribution in [-0.4, -0.2) is 30.9 Å². The highest BCUT2D eigenvalue weighted by Gasteiger charge is 2.36. The summed E-state index contributed by atoms with van der Waals surface area (Å²) < 4.78 is 5.14. The van der Waals surface area contributed by atoms with Gasteiger partial charge in [-0.15, -0.1) is 0 Å². The Morgan fingerprint density at radius 1 is 1.06 bits per heavy atom. The van der Waals surface area contributed by atoms with Crippen molar-refractivity contribution >= 4 is 63.1 Å². The van der Waals surface area contributed by atoms with Crippen LogP contribution >= 0.6 is 23.2 Å². The summed E-state index contributed by atoms with van der Waals surface area (Å²) in [4.78, 5) is 38.8. The van der Waals surface area contributed by atoms with Gasteiger partial charge in [0.1, 0.15) is 0 Å². The predicted molar refractivity (Wildman–Crippen MR) is 120 cm³/mol. The topological polar surface area (TPSA) is 75.7 Å². The number of nitrogens with one attached hydrogen (secondary N) is 1. The van der Waals surface area contributed by atoms with E-state index in [0.717, 1.165) is 16.5 Å². The number of fused-ring (bicyclic) bond motifs is 1. The summed E-state index contributed by atoms with van der Waals surface area (Å²) in [5.74, 6) is -1.95. The second-order valence-corrected chi connectivity index (χ2v) is 8.03. The van der Waals surface area contributed by atoms with Crippen molar-refractivity contribution in [1.82, 2.24) is 0 Å². The second-order valence-electron chi connectivity index (χ2n) is 7.18. The molecule has 0 unspecified atom stereocenters. The van der Waals surface area contributed by atoms with Crippen LogP contribution in [0.2, 0.25) is 10.0 Å². The highest BCUT2D eigenvalue weighted by atomic mass is 35.5. The third-order valence-electron chi connectivity index (χ3n) is 5.06. The van der Waals surface area contributed by atoms with Crippen molar-refractivity contribution in [3.63, 3.8) is 0 Å². The van der Waals surface area contributed by atoms with Crippen LogP contribution in [0.5, 0.6) is 0 Å². The smallest absolute Gasteiger partial charge is 0.311 e. The van der Waals surface area contributed by atoms with E-state index in [9.17, 15) is 14.4 Å². The number of carbonyl (C=O) groups is 3. The number of ether oxygens (including phenoxy) is 1. The average molecular weight is 457 g/mol. The Bertz CT molecular complexity index is 1180. The lowest BCUT2D eigenvalue weighted by molar-refractivity contribution is -0.151. The van der Waals surface area contributed by atoms with Gasteiger partial charge in [-0.25, -0.2) is 0 Å². The summed E-state index contributed by atoms with van der Waals surface area (Å²) in [6.07, 6.45) is 0.0315. The van der Waals surface area contributed by atoms with Crippen molar-refractivity contribution in [3.05, 3.63) is 70.7 Å². The fourth-order valence-corrected chi connectivity index (χ4v) is 3.91. The van der Waals surface area contributed by atoms with E-state index >= 15 is 0 Å². The van der Waals surface area contributed by atoms with Gasteiger partial charge < -0.3 is 15.0 Å². The number of rotatable bonds is 5. The molecule has 0 aromatic heterocycles. The molecule has 1 saturated heterocycles. The molecule has 4 rings (SSSR count). The van der Waals surface area contributed by atoms with Crippen molar-refractivity contribution in [1.29, 1.82) is 0 Å². The molecule has 0 saturated carbocycles. The molecule has 0 bridgehead atoms. The van der Waals surface area contributed by atoms with Crippen LogP contribution in [0.4, 0.5) is 11.4 Å². The number of amides is 2. The highest BCUT2D eigenvalue weighted by molar-refractivity contribution is 6.35. The Labute approximate surface area is 188 Å². The van der Waals surface area contributed by atoms with E-state index in [0.29, 0.717) is 15.7 Å².